The summed E-state index contributed by atoms with van der Waals surface area (Å²) in [4.78, 5) is 26.0. The zero-order chi connectivity index (χ0) is 27.0. The molecule has 0 bridgehead atoms. The molecule has 38 heavy (non-hydrogen) atoms. The smallest absolute Gasteiger partial charge is 0.243 e. The van der Waals surface area contributed by atoms with Crippen molar-refractivity contribution in [2.75, 3.05) is 32.8 Å². The number of pyridine rings is 1. The molecule has 1 fully saturated rings. The minimum absolute atomic E-state index is 0.154. The van der Waals surface area contributed by atoms with Crippen LogP contribution in [0.4, 0.5) is 5.95 Å². The molecule has 1 aliphatic heterocycles. The van der Waals surface area contributed by atoms with Crippen molar-refractivity contribution in [3.63, 3.8) is 0 Å². The quantitative estimate of drug-likeness (QED) is 0.321. The van der Waals surface area contributed by atoms with E-state index < -0.39 is 0 Å². The van der Waals surface area contributed by atoms with Crippen molar-refractivity contribution in [1.29, 1.82) is 0 Å². The predicted molar refractivity (Wildman–Crippen MR) is 147 cm³/mol. The number of fused-ring (bicyclic) bond motifs is 3. The fourth-order valence-electron chi connectivity index (χ4n) is 4.58. The Bertz CT molecular complexity index is 1530. The van der Waals surface area contributed by atoms with E-state index in [2.05, 4.69) is 22.2 Å². The highest BCUT2D eigenvalue weighted by Gasteiger charge is 2.28. The number of hydrogen-bond donors (Lipinski definition) is 2. The zero-order valence-corrected chi connectivity index (χ0v) is 22.6. The van der Waals surface area contributed by atoms with Gasteiger partial charge in [0.2, 0.25) is 11.9 Å². The Balaban J connectivity index is 1.61. The Kier molecular flexibility index (Phi) is 7.29. The van der Waals surface area contributed by atoms with Crippen molar-refractivity contribution in [1.82, 2.24) is 24.7 Å². The molecule has 5 rings (SSSR count). The van der Waals surface area contributed by atoms with E-state index in [0.717, 1.165) is 11.1 Å². The fourth-order valence-corrected chi connectivity index (χ4v) is 5.29. The number of ether oxygens (including phenoxy) is 3. The minimum atomic E-state index is -0.238. The van der Waals surface area contributed by atoms with Gasteiger partial charge in [0, 0.05) is 41.6 Å². The second-order valence-corrected chi connectivity index (χ2v) is 9.58. The van der Waals surface area contributed by atoms with Gasteiger partial charge in [0.25, 0.3) is 0 Å². The van der Waals surface area contributed by atoms with Gasteiger partial charge in [-0.2, -0.15) is 4.98 Å². The second-order valence-electron chi connectivity index (χ2n) is 8.82. The number of imidazole rings is 1. The molecule has 0 spiro atoms. The zero-order valence-electron chi connectivity index (χ0n) is 21.0. The summed E-state index contributed by atoms with van der Waals surface area (Å²) in [7, 11) is 3.06. The summed E-state index contributed by atoms with van der Waals surface area (Å²) in [5.41, 5.74) is 3.23. The third-order valence-corrected chi connectivity index (χ3v) is 7.17. The number of halogens is 2. The Morgan fingerprint density at radius 1 is 1.16 bits per heavy atom. The molecular weight excluding hydrogens is 531 g/mol. The second kappa shape index (κ2) is 10.6. The van der Waals surface area contributed by atoms with Crippen LogP contribution in [-0.2, 0) is 9.53 Å². The fraction of sp³-hybridized carbons (Fsp3) is 0.308. The third-order valence-electron chi connectivity index (χ3n) is 6.42. The van der Waals surface area contributed by atoms with Crippen LogP contribution in [-0.4, -0.2) is 64.8 Å². The number of aromatic nitrogens is 4. The number of nitrogens with one attached hydrogen (secondary N) is 2. The first-order valence-corrected chi connectivity index (χ1v) is 12.6. The lowest BCUT2D eigenvalue weighted by Crippen LogP contribution is -2.52. The number of rotatable bonds is 7. The average molecular weight is 557 g/mol. The van der Waals surface area contributed by atoms with E-state index in [9.17, 15) is 4.79 Å². The molecule has 0 radical (unpaired) electrons. The first kappa shape index (κ1) is 26.0. The summed E-state index contributed by atoms with van der Waals surface area (Å²) >= 11 is 13.5. The molecule has 12 heteroatoms. The highest BCUT2D eigenvalue weighted by Crippen LogP contribution is 2.47. The Morgan fingerprint density at radius 3 is 2.58 bits per heavy atom. The maximum atomic E-state index is 11.9. The van der Waals surface area contributed by atoms with E-state index in [-0.39, 0.29) is 18.0 Å². The van der Waals surface area contributed by atoms with Crippen LogP contribution in [0.2, 0.25) is 10.0 Å². The number of methoxy groups -OCH3 is 2. The monoisotopic (exact) mass is 556 g/mol. The summed E-state index contributed by atoms with van der Waals surface area (Å²) in [5, 5.41) is 7.67. The normalized spacial score (nSPS) is 17.4. The van der Waals surface area contributed by atoms with Crippen LogP contribution < -0.4 is 20.1 Å². The van der Waals surface area contributed by atoms with Crippen molar-refractivity contribution in [3.8, 4) is 22.6 Å². The summed E-state index contributed by atoms with van der Waals surface area (Å²) in [6.45, 7) is 6.38. The van der Waals surface area contributed by atoms with Gasteiger partial charge in [-0.1, -0.05) is 29.8 Å². The molecule has 1 aromatic carbocycles. The van der Waals surface area contributed by atoms with Crippen LogP contribution >= 0.6 is 23.2 Å². The molecular formula is C26H26Cl2N6O4. The molecule has 3 aromatic heterocycles. The van der Waals surface area contributed by atoms with E-state index in [1.807, 2.05) is 23.6 Å². The van der Waals surface area contributed by atoms with Gasteiger partial charge in [-0.05, 0) is 25.5 Å². The maximum absolute atomic E-state index is 11.9. The maximum Gasteiger partial charge on any atom is 0.243 e. The number of aryl methyl sites for hydroxylation is 1. The molecule has 10 nitrogen and oxygen atoms in total. The van der Waals surface area contributed by atoms with Crippen LogP contribution in [0.5, 0.6) is 11.5 Å². The molecule has 1 amide bonds. The van der Waals surface area contributed by atoms with Crippen LogP contribution in [0.1, 0.15) is 12.1 Å². The van der Waals surface area contributed by atoms with E-state index >= 15 is 0 Å². The molecule has 2 unspecified atom stereocenters. The average Bonchev–Trinajstić information content (AvgIpc) is 3.32. The number of benzene rings is 1. The highest BCUT2D eigenvalue weighted by atomic mass is 35.5. The third kappa shape index (κ3) is 4.70. The van der Waals surface area contributed by atoms with Crippen molar-refractivity contribution < 1.29 is 19.0 Å². The van der Waals surface area contributed by atoms with Crippen LogP contribution in [0.25, 0.3) is 27.8 Å². The molecule has 198 valence electrons. The lowest BCUT2D eigenvalue weighted by atomic mass is 10.0. The summed E-state index contributed by atoms with van der Waals surface area (Å²) in [6, 6.07) is 3.17. The molecule has 0 aliphatic carbocycles. The van der Waals surface area contributed by atoms with Gasteiger partial charge in [0.15, 0.2) is 5.65 Å². The summed E-state index contributed by atoms with van der Waals surface area (Å²) < 4.78 is 18.4. The molecule has 4 aromatic rings. The number of anilines is 1. The summed E-state index contributed by atoms with van der Waals surface area (Å²) in [5.74, 6) is 1.00. The Morgan fingerprint density at radius 2 is 1.89 bits per heavy atom. The van der Waals surface area contributed by atoms with Crippen LogP contribution in [0.3, 0.4) is 0 Å². The molecule has 0 saturated carbocycles. The lowest BCUT2D eigenvalue weighted by Gasteiger charge is -2.32. The van der Waals surface area contributed by atoms with Crippen LogP contribution in [0, 0.1) is 6.92 Å². The van der Waals surface area contributed by atoms with Crippen molar-refractivity contribution in [2.45, 2.75) is 25.4 Å². The summed E-state index contributed by atoms with van der Waals surface area (Å²) in [6.07, 6.45) is 5.51. The van der Waals surface area contributed by atoms with Crippen molar-refractivity contribution >= 4 is 51.7 Å². The molecule has 1 aliphatic rings. The largest absolute Gasteiger partial charge is 0.495 e. The number of carbonyl (C=O) groups is 1. The molecule has 2 N–H and O–H groups in total. The Hall–Kier alpha value is -3.60. The lowest BCUT2D eigenvalue weighted by molar-refractivity contribution is -0.117. The molecule has 2 atom stereocenters. The molecule has 4 heterocycles. The SMILES string of the molecule is C=CC(=O)NC1CCOCC1Nc1ncc2cc(-c3c(Cl)c(OC)cc(OC)c3Cl)c3nc(C)cn3c2n1. The number of hydrogen-bond acceptors (Lipinski definition) is 8. The van der Waals surface area contributed by atoms with Gasteiger partial charge in [0.1, 0.15) is 17.1 Å². The van der Waals surface area contributed by atoms with Gasteiger partial charge in [-0.15, -0.1) is 0 Å². The molecule has 1 saturated heterocycles. The van der Waals surface area contributed by atoms with Gasteiger partial charge in [-0.3, -0.25) is 9.20 Å². The van der Waals surface area contributed by atoms with E-state index in [1.165, 1.54) is 20.3 Å². The van der Waals surface area contributed by atoms with Crippen LogP contribution in [0.15, 0.2) is 37.2 Å². The first-order valence-electron chi connectivity index (χ1n) is 11.9. The van der Waals surface area contributed by atoms with Gasteiger partial charge in [-0.25, -0.2) is 9.97 Å². The van der Waals surface area contributed by atoms with Crippen molar-refractivity contribution in [2.24, 2.45) is 0 Å². The standard InChI is InChI=1S/C26H26Cl2N6O4/c1-5-20(35)31-16-6-7-38-12-17(16)32-26-29-10-14-8-15(25-30-13(2)11-34(25)24(14)33-26)21-22(27)18(36-3)9-19(37-4)23(21)28/h5,8-11,16-17H,1,6-7,12H2,2-4H3,(H,31,35)(H,29,32,33). The predicted octanol–water partition coefficient (Wildman–Crippen LogP) is 4.45. The van der Waals surface area contributed by atoms with E-state index in [1.54, 1.807) is 12.3 Å². The van der Waals surface area contributed by atoms with Gasteiger partial charge >= 0.3 is 0 Å². The van der Waals surface area contributed by atoms with E-state index in [4.69, 9.17) is 47.4 Å². The van der Waals surface area contributed by atoms with Gasteiger partial charge in [0.05, 0.1) is 48.6 Å². The van der Waals surface area contributed by atoms with Crippen molar-refractivity contribution in [3.05, 3.63) is 52.9 Å². The Labute approximate surface area is 228 Å². The number of amides is 1. The number of carbonyl (C=O) groups excluding carboxylic acids is 1. The topological polar surface area (TPSA) is 112 Å². The highest BCUT2D eigenvalue weighted by molar-refractivity contribution is 6.41. The number of nitrogens with zero attached hydrogens (tertiary/aromatic N) is 4. The van der Waals surface area contributed by atoms with Gasteiger partial charge < -0.3 is 24.8 Å². The first-order chi connectivity index (χ1) is 18.3. The van der Waals surface area contributed by atoms with E-state index in [0.29, 0.717) is 69.5 Å². The minimum Gasteiger partial charge on any atom is -0.495 e.